The lowest BCUT2D eigenvalue weighted by atomic mass is 10.2. The molecule has 0 saturated carbocycles. The lowest BCUT2D eigenvalue weighted by molar-refractivity contribution is -0.129. The van der Waals surface area contributed by atoms with Gasteiger partial charge in [0.2, 0.25) is 5.91 Å². The van der Waals surface area contributed by atoms with Crippen LogP contribution < -0.4 is 10.6 Å². The van der Waals surface area contributed by atoms with Crippen LogP contribution in [0, 0.1) is 0 Å². The monoisotopic (exact) mass is 508 g/mol. The molecule has 0 radical (unpaired) electrons. The second-order valence-electron chi connectivity index (χ2n) is 6.26. The number of rotatable bonds is 8. The number of guanidine groups is 1. The van der Waals surface area contributed by atoms with Crippen LogP contribution in [0.4, 0.5) is 0 Å². The molecule has 1 heterocycles. The van der Waals surface area contributed by atoms with Gasteiger partial charge in [-0.1, -0.05) is 30.7 Å². The van der Waals surface area contributed by atoms with Crippen LogP contribution in [-0.4, -0.2) is 55.6 Å². The van der Waals surface area contributed by atoms with Crippen molar-refractivity contribution < 1.29 is 9.53 Å². The van der Waals surface area contributed by atoms with Crippen LogP contribution in [0.1, 0.15) is 32.3 Å². The Morgan fingerprint density at radius 3 is 2.74 bits per heavy atom. The topological polar surface area (TPSA) is 66.0 Å². The molecule has 1 atom stereocenters. The largest absolute Gasteiger partial charge is 0.375 e. The van der Waals surface area contributed by atoms with Gasteiger partial charge in [-0.05, 0) is 31.0 Å². The average molecular weight is 509 g/mol. The molecule has 6 nitrogen and oxygen atoms in total. The van der Waals surface area contributed by atoms with Crippen LogP contribution in [0.2, 0.25) is 5.02 Å². The van der Waals surface area contributed by atoms with Crippen LogP contribution in [-0.2, 0) is 16.1 Å². The zero-order chi connectivity index (χ0) is 18.8. The molecular formula is C19H30ClIN4O2. The molecule has 152 valence electrons. The molecular weight excluding hydrogens is 479 g/mol. The standard InChI is InChI=1S/C19H29ClN4O2.HI/c1-3-18(25)24-11-9-17(13-24)23-19(21-4-2)22-10-12-26-14-15-5-7-16(20)8-6-15;/h5-8,17H,3-4,9-14H2,1-2H3,(H2,21,22,23);1H. The van der Waals surface area contributed by atoms with Gasteiger partial charge in [-0.25, -0.2) is 0 Å². The van der Waals surface area contributed by atoms with Gasteiger partial charge in [0.05, 0.1) is 19.8 Å². The van der Waals surface area contributed by atoms with E-state index in [0.717, 1.165) is 42.6 Å². The van der Waals surface area contributed by atoms with Crippen LogP contribution >= 0.6 is 35.6 Å². The third-order valence-electron chi connectivity index (χ3n) is 4.22. The Balaban J connectivity index is 0.00000364. The molecule has 2 rings (SSSR count). The number of carbonyl (C=O) groups is 1. The summed E-state index contributed by atoms with van der Waals surface area (Å²) in [6, 6.07) is 7.89. The fourth-order valence-corrected chi connectivity index (χ4v) is 2.96. The minimum atomic E-state index is 0. The Morgan fingerprint density at radius 1 is 1.33 bits per heavy atom. The number of ether oxygens (including phenoxy) is 1. The lowest BCUT2D eigenvalue weighted by Crippen LogP contribution is -2.45. The number of hydrogen-bond acceptors (Lipinski definition) is 3. The van der Waals surface area contributed by atoms with Crippen molar-refractivity contribution >= 4 is 47.4 Å². The maximum absolute atomic E-state index is 11.8. The Bertz CT molecular complexity index is 598. The summed E-state index contributed by atoms with van der Waals surface area (Å²) in [7, 11) is 0. The molecule has 0 aliphatic carbocycles. The van der Waals surface area contributed by atoms with Gasteiger partial charge in [0, 0.05) is 37.1 Å². The number of carbonyl (C=O) groups excluding carboxylic acids is 1. The molecule has 0 aromatic heterocycles. The summed E-state index contributed by atoms with van der Waals surface area (Å²) in [4.78, 5) is 18.2. The van der Waals surface area contributed by atoms with Crippen molar-refractivity contribution in [2.24, 2.45) is 4.99 Å². The number of likely N-dealkylation sites (tertiary alicyclic amines) is 1. The quantitative estimate of drug-likeness (QED) is 0.245. The fraction of sp³-hybridized carbons (Fsp3) is 0.579. The van der Waals surface area contributed by atoms with E-state index < -0.39 is 0 Å². The average Bonchev–Trinajstić information content (AvgIpc) is 3.11. The highest BCUT2D eigenvalue weighted by Crippen LogP contribution is 2.11. The number of hydrogen-bond donors (Lipinski definition) is 2. The van der Waals surface area contributed by atoms with Gasteiger partial charge in [0.15, 0.2) is 5.96 Å². The second-order valence-corrected chi connectivity index (χ2v) is 6.70. The summed E-state index contributed by atoms with van der Waals surface area (Å²) in [5.41, 5.74) is 1.09. The number of amides is 1. The molecule has 1 fully saturated rings. The lowest BCUT2D eigenvalue weighted by Gasteiger charge is -2.18. The van der Waals surface area contributed by atoms with Gasteiger partial charge in [0.25, 0.3) is 0 Å². The molecule has 1 unspecified atom stereocenters. The number of nitrogens with one attached hydrogen (secondary N) is 2. The van der Waals surface area contributed by atoms with E-state index in [1.807, 2.05) is 43.0 Å². The minimum Gasteiger partial charge on any atom is -0.375 e. The molecule has 1 saturated heterocycles. The van der Waals surface area contributed by atoms with Crippen LogP contribution in [0.5, 0.6) is 0 Å². The van der Waals surface area contributed by atoms with Crippen LogP contribution in [0.15, 0.2) is 29.3 Å². The van der Waals surface area contributed by atoms with Gasteiger partial charge >= 0.3 is 0 Å². The van der Waals surface area contributed by atoms with Crippen molar-refractivity contribution in [3.63, 3.8) is 0 Å². The summed E-state index contributed by atoms with van der Waals surface area (Å²) < 4.78 is 5.66. The van der Waals surface area contributed by atoms with E-state index in [0.29, 0.717) is 26.2 Å². The molecule has 1 aliphatic heterocycles. The number of benzene rings is 1. The number of halogens is 2. The van der Waals surface area contributed by atoms with Crippen LogP contribution in [0.25, 0.3) is 0 Å². The Labute approximate surface area is 184 Å². The summed E-state index contributed by atoms with van der Waals surface area (Å²) >= 11 is 5.87. The zero-order valence-electron chi connectivity index (χ0n) is 16.0. The van der Waals surface area contributed by atoms with E-state index in [9.17, 15) is 4.79 Å². The van der Waals surface area contributed by atoms with Crippen LogP contribution in [0.3, 0.4) is 0 Å². The van der Waals surface area contributed by atoms with Crippen molar-refractivity contribution in [1.29, 1.82) is 0 Å². The predicted molar refractivity (Wildman–Crippen MR) is 121 cm³/mol. The normalized spacial score (nSPS) is 16.8. The Hall–Kier alpha value is -1.06. The first-order valence-corrected chi connectivity index (χ1v) is 9.65. The van der Waals surface area contributed by atoms with Gasteiger partial charge in [-0.3, -0.25) is 9.79 Å². The van der Waals surface area contributed by atoms with Crippen molar-refractivity contribution in [3.8, 4) is 0 Å². The summed E-state index contributed by atoms with van der Waals surface area (Å²) in [5, 5.41) is 7.39. The third-order valence-corrected chi connectivity index (χ3v) is 4.47. The minimum absolute atomic E-state index is 0. The molecule has 2 N–H and O–H groups in total. The molecule has 1 aliphatic rings. The van der Waals surface area contributed by atoms with Gasteiger partial charge < -0.3 is 20.3 Å². The van der Waals surface area contributed by atoms with Gasteiger partial charge in [-0.15, -0.1) is 24.0 Å². The van der Waals surface area contributed by atoms with Gasteiger partial charge in [0.1, 0.15) is 0 Å². The van der Waals surface area contributed by atoms with Crippen molar-refractivity contribution in [2.75, 3.05) is 32.8 Å². The smallest absolute Gasteiger partial charge is 0.222 e. The van der Waals surface area contributed by atoms with E-state index in [-0.39, 0.29) is 35.9 Å². The number of aliphatic imine (C=N–C) groups is 1. The molecule has 1 amide bonds. The fourth-order valence-electron chi connectivity index (χ4n) is 2.83. The summed E-state index contributed by atoms with van der Waals surface area (Å²) in [6.07, 6.45) is 1.51. The summed E-state index contributed by atoms with van der Waals surface area (Å²) in [6.45, 7) is 7.96. The highest BCUT2D eigenvalue weighted by Gasteiger charge is 2.25. The Morgan fingerprint density at radius 2 is 2.07 bits per heavy atom. The first-order chi connectivity index (χ1) is 12.6. The maximum Gasteiger partial charge on any atom is 0.222 e. The number of nitrogens with zero attached hydrogens (tertiary/aromatic N) is 2. The molecule has 0 spiro atoms. The maximum atomic E-state index is 11.8. The first kappa shape index (κ1) is 24.0. The van der Waals surface area contributed by atoms with Crippen molar-refractivity contribution in [1.82, 2.24) is 15.5 Å². The Kier molecular flexibility index (Phi) is 11.7. The molecule has 0 bridgehead atoms. The van der Waals surface area contributed by atoms with E-state index in [1.54, 1.807) is 0 Å². The zero-order valence-corrected chi connectivity index (χ0v) is 19.1. The predicted octanol–water partition coefficient (Wildman–Crippen LogP) is 3.04. The second kappa shape index (κ2) is 13.2. The highest BCUT2D eigenvalue weighted by molar-refractivity contribution is 14.0. The molecule has 8 heteroatoms. The first-order valence-electron chi connectivity index (χ1n) is 9.27. The highest BCUT2D eigenvalue weighted by atomic mass is 127. The molecule has 27 heavy (non-hydrogen) atoms. The van der Waals surface area contributed by atoms with E-state index >= 15 is 0 Å². The molecule has 1 aromatic rings. The van der Waals surface area contributed by atoms with Crippen molar-refractivity contribution in [2.45, 2.75) is 39.3 Å². The molecule has 1 aromatic carbocycles. The van der Waals surface area contributed by atoms with Gasteiger partial charge in [-0.2, -0.15) is 0 Å². The SMILES string of the molecule is CCNC(=NCCOCc1ccc(Cl)cc1)NC1CCN(C(=O)CC)C1.I. The summed E-state index contributed by atoms with van der Waals surface area (Å²) in [5.74, 6) is 0.991. The van der Waals surface area contributed by atoms with E-state index in [2.05, 4.69) is 15.6 Å². The van der Waals surface area contributed by atoms with Crippen molar-refractivity contribution in [3.05, 3.63) is 34.9 Å². The van der Waals surface area contributed by atoms with E-state index in [4.69, 9.17) is 16.3 Å². The van der Waals surface area contributed by atoms with E-state index in [1.165, 1.54) is 0 Å². The third kappa shape index (κ3) is 8.66.